The van der Waals surface area contributed by atoms with E-state index < -0.39 is 19.5 Å². The van der Waals surface area contributed by atoms with Crippen LogP contribution in [-0.2, 0) is 24.8 Å². The zero-order chi connectivity index (χ0) is 17.4. The number of alkyl halides is 3. The predicted molar refractivity (Wildman–Crippen MR) is 92.0 cm³/mol. The minimum absolute atomic E-state index is 0.0641. The third-order valence-corrected chi connectivity index (χ3v) is 4.60. The number of ether oxygens (including phenoxy) is 1. The molecule has 1 heterocycles. The van der Waals surface area contributed by atoms with Crippen LogP contribution in [-0.4, -0.2) is 38.8 Å². The van der Waals surface area contributed by atoms with E-state index in [1.807, 2.05) is 0 Å². The SMILES string of the molecule is COC(=O)c1ccc2nc(C(Cl)(Cl)Cl)n(CCS(C)(=N)=O)c2c1. The Labute approximate surface area is 148 Å². The summed E-state index contributed by atoms with van der Waals surface area (Å²) in [5.74, 6) is -0.299. The molecule has 0 saturated heterocycles. The number of imidazole rings is 1. The van der Waals surface area contributed by atoms with Gasteiger partial charge in [0.25, 0.3) is 0 Å². The smallest absolute Gasteiger partial charge is 0.337 e. The first kappa shape index (κ1) is 18.3. The Morgan fingerprint density at radius 1 is 1.43 bits per heavy atom. The Hall–Kier alpha value is -1.02. The van der Waals surface area contributed by atoms with Crippen molar-refractivity contribution < 1.29 is 13.7 Å². The van der Waals surface area contributed by atoms with Crippen molar-refractivity contribution in [3.8, 4) is 0 Å². The Kier molecular flexibility index (Phi) is 5.15. The van der Waals surface area contributed by atoms with Crippen molar-refractivity contribution in [3.05, 3.63) is 29.6 Å². The highest BCUT2D eigenvalue weighted by Gasteiger charge is 2.30. The normalized spacial score (nSPS) is 14.7. The number of halogens is 3. The van der Waals surface area contributed by atoms with Crippen LogP contribution >= 0.6 is 34.8 Å². The van der Waals surface area contributed by atoms with Crippen LogP contribution in [0.1, 0.15) is 16.2 Å². The molecule has 1 aromatic carbocycles. The number of aryl methyl sites for hydroxylation is 1. The van der Waals surface area contributed by atoms with Gasteiger partial charge in [0.1, 0.15) is 0 Å². The fraction of sp³-hybridized carbons (Fsp3) is 0.385. The standard InChI is InChI=1S/C13H14Cl3N3O3S/c1-22-11(20)8-3-4-9-10(7-8)19(5-6-23(2,17)21)12(18-9)13(14,15)16/h3-4,7,17H,5-6H2,1-2H3. The molecule has 0 spiro atoms. The largest absolute Gasteiger partial charge is 0.465 e. The number of esters is 1. The lowest BCUT2D eigenvalue weighted by atomic mass is 10.2. The van der Waals surface area contributed by atoms with E-state index in [1.165, 1.54) is 13.4 Å². The lowest BCUT2D eigenvalue weighted by Gasteiger charge is -2.14. The summed E-state index contributed by atoms with van der Waals surface area (Å²) in [4.78, 5) is 16.0. The number of hydrogen-bond acceptors (Lipinski definition) is 5. The van der Waals surface area contributed by atoms with Gasteiger partial charge in [0, 0.05) is 28.3 Å². The Balaban J connectivity index is 2.63. The van der Waals surface area contributed by atoms with Crippen molar-refractivity contribution in [1.82, 2.24) is 9.55 Å². The molecule has 0 radical (unpaired) electrons. The number of fused-ring (bicyclic) bond motifs is 1. The molecule has 1 unspecified atom stereocenters. The summed E-state index contributed by atoms with van der Waals surface area (Å²) in [6.07, 6.45) is 1.33. The van der Waals surface area contributed by atoms with E-state index in [0.29, 0.717) is 16.6 Å². The lowest BCUT2D eigenvalue weighted by Crippen LogP contribution is -2.17. The molecule has 1 aromatic heterocycles. The average Bonchev–Trinajstić information content (AvgIpc) is 2.81. The van der Waals surface area contributed by atoms with Crippen molar-refractivity contribution in [3.63, 3.8) is 0 Å². The number of methoxy groups -OCH3 is 1. The minimum Gasteiger partial charge on any atom is -0.465 e. The second kappa shape index (κ2) is 6.47. The van der Waals surface area contributed by atoms with Crippen LogP contribution in [0, 0.1) is 4.78 Å². The summed E-state index contributed by atoms with van der Waals surface area (Å²) >= 11 is 17.9. The van der Waals surface area contributed by atoms with Gasteiger partial charge in [-0.2, -0.15) is 0 Å². The van der Waals surface area contributed by atoms with Crippen LogP contribution in [0.4, 0.5) is 0 Å². The first-order valence-electron chi connectivity index (χ1n) is 6.40. The van der Waals surface area contributed by atoms with Crippen molar-refractivity contribution in [2.75, 3.05) is 19.1 Å². The van der Waals surface area contributed by atoms with Crippen LogP contribution < -0.4 is 0 Å². The molecular weight excluding hydrogens is 385 g/mol. The molecule has 0 bridgehead atoms. The number of carbonyl (C=O) groups is 1. The molecule has 1 N–H and O–H groups in total. The maximum absolute atomic E-state index is 11.7. The van der Waals surface area contributed by atoms with Gasteiger partial charge in [0.2, 0.25) is 3.79 Å². The number of aromatic nitrogens is 2. The molecule has 0 aliphatic heterocycles. The van der Waals surface area contributed by atoms with E-state index in [4.69, 9.17) is 44.3 Å². The molecular formula is C13H14Cl3N3O3S. The van der Waals surface area contributed by atoms with E-state index in [2.05, 4.69) is 4.98 Å². The summed E-state index contributed by atoms with van der Waals surface area (Å²) < 4.78 is 23.7. The quantitative estimate of drug-likeness (QED) is 0.632. The van der Waals surface area contributed by atoms with Gasteiger partial charge in [-0.15, -0.1) is 0 Å². The molecule has 1 atom stereocenters. The number of benzene rings is 1. The first-order valence-corrected chi connectivity index (χ1v) is 9.67. The molecule has 6 nitrogen and oxygen atoms in total. The van der Waals surface area contributed by atoms with Crippen LogP contribution in [0.5, 0.6) is 0 Å². The second-order valence-corrected chi connectivity index (χ2v) is 9.69. The molecule has 10 heteroatoms. The van der Waals surface area contributed by atoms with E-state index in [0.717, 1.165) is 0 Å². The molecule has 0 aliphatic carbocycles. The lowest BCUT2D eigenvalue weighted by molar-refractivity contribution is 0.0601. The highest BCUT2D eigenvalue weighted by Crippen LogP contribution is 2.39. The Morgan fingerprint density at radius 2 is 2.09 bits per heavy atom. The second-order valence-electron chi connectivity index (χ2n) is 4.99. The molecule has 0 amide bonds. The zero-order valence-corrected chi connectivity index (χ0v) is 15.4. The van der Waals surface area contributed by atoms with Gasteiger partial charge in [-0.25, -0.2) is 9.78 Å². The van der Waals surface area contributed by atoms with Gasteiger partial charge in [-0.05, 0) is 18.2 Å². The zero-order valence-electron chi connectivity index (χ0n) is 12.3. The third-order valence-electron chi connectivity index (χ3n) is 3.13. The van der Waals surface area contributed by atoms with Crippen LogP contribution in [0.15, 0.2) is 18.2 Å². The maximum atomic E-state index is 11.7. The monoisotopic (exact) mass is 397 g/mol. The number of rotatable bonds is 4. The summed E-state index contributed by atoms with van der Waals surface area (Å²) in [6.45, 7) is 0.170. The summed E-state index contributed by atoms with van der Waals surface area (Å²) in [7, 11) is -1.45. The van der Waals surface area contributed by atoms with Crippen LogP contribution in [0.3, 0.4) is 0 Å². The number of hydrogen-bond donors (Lipinski definition) is 1. The highest BCUT2D eigenvalue weighted by molar-refractivity contribution is 7.91. The van der Waals surface area contributed by atoms with E-state index in [-0.39, 0.29) is 18.1 Å². The number of carbonyl (C=O) groups excluding carboxylic acids is 1. The fourth-order valence-corrected chi connectivity index (χ4v) is 3.04. The Bertz CT molecular complexity index is 856. The van der Waals surface area contributed by atoms with Crippen molar-refractivity contribution >= 4 is 61.5 Å². The van der Waals surface area contributed by atoms with Gasteiger partial charge >= 0.3 is 5.97 Å². The molecule has 0 saturated carbocycles. The highest BCUT2D eigenvalue weighted by atomic mass is 35.6. The van der Waals surface area contributed by atoms with Gasteiger partial charge in [-0.3, -0.25) is 8.99 Å². The van der Waals surface area contributed by atoms with E-state index >= 15 is 0 Å². The predicted octanol–water partition coefficient (Wildman–Crippen LogP) is 3.33. The van der Waals surface area contributed by atoms with E-state index in [9.17, 15) is 9.00 Å². The van der Waals surface area contributed by atoms with Crippen LogP contribution in [0.25, 0.3) is 11.0 Å². The van der Waals surface area contributed by atoms with Crippen molar-refractivity contribution in [2.24, 2.45) is 0 Å². The third kappa shape index (κ3) is 4.29. The molecule has 23 heavy (non-hydrogen) atoms. The maximum Gasteiger partial charge on any atom is 0.337 e. The number of nitrogens with zero attached hydrogens (tertiary/aromatic N) is 2. The fourth-order valence-electron chi connectivity index (χ4n) is 2.08. The van der Waals surface area contributed by atoms with Gasteiger partial charge in [-0.1, -0.05) is 34.8 Å². The summed E-state index contributed by atoms with van der Waals surface area (Å²) in [6, 6.07) is 4.73. The van der Waals surface area contributed by atoms with Gasteiger partial charge in [0.15, 0.2) is 5.82 Å². The summed E-state index contributed by atoms with van der Waals surface area (Å²) in [5.41, 5.74) is 1.38. The van der Waals surface area contributed by atoms with Gasteiger partial charge in [0.05, 0.1) is 23.7 Å². The van der Waals surface area contributed by atoms with Crippen LogP contribution in [0.2, 0.25) is 0 Å². The van der Waals surface area contributed by atoms with E-state index in [1.54, 1.807) is 22.8 Å². The Morgan fingerprint density at radius 3 is 2.61 bits per heavy atom. The van der Waals surface area contributed by atoms with Crippen molar-refractivity contribution in [2.45, 2.75) is 10.3 Å². The topological polar surface area (TPSA) is 85.0 Å². The molecule has 2 aromatic rings. The minimum atomic E-state index is -2.73. The molecule has 0 aliphatic rings. The first-order chi connectivity index (χ1) is 10.5. The molecule has 0 fully saturated rings. The van der Waals surface area contributed by atoms with Crippen molar-refractivity contribution in [1.29, 1.82) is 4.78 Å². The molecule has 126 valence electrons. The van der Waals surface area contributed by atoms with Gasteiger partial charge < -0.3 is 9.30 Å². The average molecular weight is 399 g/mol. The number of nitrogens with one attached hydrogen (secondary N) is 1. The summed E-state index contributed by atoms with van der Waals surface area (Å²) in [5, 5.41) is 0. The molecule has 2 rings (SSSR count).